The maximum Gasteiger partial charge on any atom is 0.225 e. The van der Waals surface area contributed by atoms with Gasteiger partial charge >= 0.3 is 0 Å². The average molecular weight is 396 g/mol. The topological polar surface area (TPSA) is 38.3 Å². The summed E-state index contributed by atoms with van der Waals surface area (Å²) in [5.74, 6) is 0.907. The lowest BCUT2D eigenvalue weighted by Gasteiger charge is -2.28. The molecule has 1 unspecified atom stereocenters. The quantitative estimate of drug-likeness (QED) is 0.637. The minimum Gasteiger partial charge on any atom is -0.494 e. The van der Waals surface area contributed by atoms with Crippen LogP contribution >= 0.6 is 15.9 Å². The number of fused-ring (bicyclic) bond motifs is 3. The molecule has 4 heteroatoms. The van der Waals surface area contributed by atoms with Gasteiger partial charge in [-0.25, -0.2) is 0 Å². The summed E-state index contributed by atoms with van der Waals surface area (Å²) in [6.07, 6.45) is 0.438. The number of carbonyl (C=O) groups excluding carboxylic acids is 1. The van der Waals surface area contributed by atoms with Gasteiger partial charge in [-0.05, 0) is 41.6 Å². The van der Waals surface area contributed by atoms with Gasteiger partial charge in [0.15, 0.2) is 0 Å². The molecule has 25 heavy (non-hydrogen) atoms. The predicted octanol–water partition coefficient (Wildman–Crippen LogP) is 5.48. The normalized spacial score (nSPS) is 16.4. The molecular weight excluding hydrogens is 378 g/mol. The summed E-state index contributed by atoms with van der Waals surface area (Å²) >= 11 is 3.69. The molecule has 0 aromatic heterocycles. The van der Waals surface area contributed by atoms with Crippen molar-refractivity contribution in [3.05, 3.63) is 70.2 Å². The monoisotopic (exact) mass is 395 g/mol. The van der Waals surface area contributed by atoms with Crippen molar-refractivity contribution in [1.82, 2.24) is 0 Å². The molecule has 3 aromatic carbocycles. The van der Waals surface area contributed by atoms with E-state index >= 15 is 0 Å². The third-order valence-corrected chi connectivity index (χ3v) is 5.28. The van der Waals surface area contributed by atoms with Crippen LogP contribution in [0.3, 0.4) is 0 Å². The van der Waals surface area contributed by atoms with Crippen molar-refractivity contribution in [1.29, 1.82) is 0 Å². The van der Waals surface area contributed by atoms with Crippen molar-refractivity contribution < 1.29 is 9.53 Å². The summed E-state index contributed by atoms with van der Waals surface area (Å²) in [4.78, 5) is 12.4. The van der Waals surface area contributed by atoms with Crippen molar-refractivity contribution in [2.75, 3.05) is 11.9 Å². The lowest BCUT2D eigenvalue weighted by molar-refractivity contribution is -0.116. The fourth-order valence-electron chi connectivity index (χ4n) is 3.54. The zero-order chi connectivity index (χ0) is 17.4. The highest BCUT2D eigenvalue weighted by atomic mass is 79.9. The molecule has 0 saturated heterocycles. The van der Waals surface area contributed by atoms with Gasteiger partial charge in [0.1, 0.15) is 5.75 Å². The first-order valence-corrected chi connectivity index (χ1v) is 9.20. The van der Waals surface area contributed by atoms with Gasteiger partial charge < -0.3 is 10.1 Å². The largest absolute Gasteiger partial charge is 0.494 e. The van der Waals surface area contributed by atoms with Gasteiger partial charge in [0, 0.05) is 22.2 Å². The van der Waals surface area contributed by atoms with Crippen LogP contribution < -0.4 is 10.1 Å². The Morgan fingerprint density at radius 1 is 1.12 bits per heavy atom. The Morgan fingerprint density at radius 3 is 2.72 bits per heavy atom. The van der Waals surface area contributed by atoms with E-state index in [4.69, 9.17) is 4.74 Å². The molecule has 0 fully saturated rings. The Kier molecular flexibility index (Phi) is 4.22. The molecule has 3 aromatic rings. The highest BCUT2D eigenvalue weighted by Gasteiger charge is 2.28. The molecule has 1 heterocycles. The van der Waals surface area contributed by atoms with E-state index in [0.29, 0.717) is 13.0 Å². The number of ether oxygens (including phenoxy) is 1. The molecule has 0 radical (unpaired) electrons. The number of halogens is 1. The highest BCUT2D eigenvalue weighted by Crippen LogP contribution is 2.43. The minimum absolute atomic E-state index is 0.0186. The number of anilines is 1. The Bertz CT molecular complexity index is 967. The fraction of sp³-hybridized carbons (Fsp3) is 0.190. The van der Waals surface area contributed by atoms with Gasteiger partial charge in [-0.2, -0.15) is 0 Å². The second-order valence-electron chi connectivity index (χ2n) is 6.18. The maximum atomic E-state index is 12.4. The summed E-state index contributed by atoms with van der Waals surface area (Å²) in [6, 6.07) is 18.3. The van der Waals surface area contributed by atoms with Gasteiger partial charge in [-0.15, -0.1) is 0 Å². The summed E-state index contributed by atoms with van der Waals surface area (Å²) in [7, 11) is 0. The van der Waals surface area contributed by atoms with E-state index in [9.17, 15) is 4.79 Å². The van der Waals surface area contributed by atoms with Crippen molar-refractivity contribution in [3.8, 4) is 5.75 Å². The molecule has 4 rings (SSSR count). The molecule has 1 aliphatic rings. The van der Waals surface area contributed by atoms with Crippen LogP contribution in [0, 0.1) is 0 Å². The number of amides is 1. The van der Waals surface area contributed by atoms with Crippen molar-refractivity contribution >= 4 is 38.3 Å². The summed E-state index contributed by atoms with van der Waals surface area (Å²) < 4.78 is 6.68. The maximum absolute atomic E-state index is 12.4. The fourth-order valence-corrected chi connectivity index (χ4v) is 4.13. The first-order valence-electron chi connectivity index (χ1n) is 8.41. The predicted molar refractivity (Wildman–Crippen MR) is 104 cm³/mol. The molecule has 0 saturated carbocycles. The van der Waals surface area contributed by atoms with Crippen LogP contribution in [0.2, 0.25) is 0 Å². The molecule has 1 aliphatic heterocycles. The van der Waals surface area contributed by atoms with Gasteiger partial charge in [-0.1, -0.05) is 52.3 Å². The van der Waals surface area contributed by atoms with Crippen LogP contribution in [0.5, 0.6) is 5.75 Å². The standard InChI is InChI=1S/C21H18BrNO2/c1-2-25-14-7-5-6-13(10-14)17-12-20(24)23-21-16-9-4-3-8-15(16)19(22)11-18(17)21/h3-11,17H,2,12H2,1H3,(H,23,24). The molecule has 1 atom stereocenters. The zero-order valence-corrected chi connectivity index (χ0v) is 15.5. The zero-order valence-electron chi connectivity index (χ0n) is 13.9. The summed E-state index contributed by atoms with van der Waals surface area (Å²) in [5.41, 5.74) is 3.16. The smallest absolute Gasteiger partial charge is 0.225 e. The van der Waals surface area contributed by atoms with Crippen LogP contribution in [-0.4, -0.2) is 12.5 Å². The molecule has 1 amide bonds. The Balaban J connectivity index is 1.90. The molecule has 0 bridgehead atoms. The number of carbonyl (C=O) groups is 1. The van der Waals surface area contributed by atoms with Crippen LogP contribution in [0.25, 0.3) is 10.8 Å². The van der Waals surface area contributed by atoms with E-state index < -0.39 is 0 Å². The Hall–Kier alpha value is -2.33. The number of nitrogens with one attached hydrogen (secondary N) is 1. The molecule has 0 spiro atoms. The van der Waals surface area contributed by atoms with E-state index in [0.717, 1.165) is 37.8 Å². The van der Waals surface area contributed by atoms with Gasteiger partial charge in [0.2, 0.25) is 5.91 Å². The van der Waals surface area contributed by atoms with Crippen LogP contribution in [-0.2, 0) is 4.79 Å². The second-order valence-corrected chi connectivity index (χ2v) is 7.03. The van der Waals surface area contributed by atoms with Gasteiger partial charge in [-0.3, -0.25) is 4.79 Å². The van der Waals surface area contributed by atoms with Gasteiger partial charge in [0.25, 0.3) is 0 Å². The molecule has 3 nitrogen and oxygen atoms in total. The summed E-state index contributed by atoms with van der Waals surface area (Å²) in [6.45, 7) is 2.60. The third kappa shape index (κ3) is 2.91. The minimum atomic E-state index is 0.0186. The van der Waals surface area contributed by atoms with E-state index in [-0.39, 0.29) is 11.8 Å². The highest BCUT2D eigenvalue weighted by molar-refractivity contribution is 9.10. The second kappa shape index (κ2) is 6.52. The van der Waals surface area contributed by atoms with Gasteiger partial charge in [0.05, 0.1) is 12.3 Å². The van der Waals surface area contributed by atoms with E-state index in [1.54, 1.807) is 0 Å². The van der Waals surface area contributed by atoms with E-state index in [1.807, 2.05) is 37.3 Å². The first kappa shape index (κ1) is 16.2. The number of rotatable bonds is 3. The number of benzene rings is 3. The van der Waals surface area contributed by atoms with E-state index in [1.165, 1.54) is 0 Å². The number of hydrogen-bond acceptors (Lipinski definition) is 2. The Labute approximate surface area is 155 Å². The van der Waals surface area contributed by atoms with E-state index in [2.05, 4.69) is 45.5 Å². The SMILES string of the molecule is CCOc1cccc(C2CC(=O)Nc3c2cc(Br)c2ccccc32)c1. The third-order valence-electron chi connectivity index (χ3n) is 4.63. The molecule has 126 valence electrons. The molecule has 1 N–H and O–H groups in total. The van der Waals surface area contributed by atoms with Crippen LogP contribution in [0.1, 0.15) is 30.4 Å². The summed E-state index contributed by atoms with van der Waals surface area (Å²) in [5, 5.41) is 5.24. The van der Waals surface area contributed by atoms with Crippen molar-refractivity contribution in [3.63, 3.8) is 0 Å². The number of hydrogen-bond donors (Lipinski definition) is 1. The van der Waals surface area contributed by atoms with Crippen LogP contribution in [0.4, 0.5) is 5.69 Å². The van der Waals surface area contributed by atoms with Crippen LogP contribution in [0.15, 0.2) is 59.1 Å². The van der Waals surface area contributed by atoms with Crippen molar-refractivity contribution in [2.24, 2.45) is 0 Å². The first-order chi connectivity index (χ1) is 12.2. The lowest BCUT2D eigenvalue weighted by atomic mass is 9.83. The molecular formula is C21H18BrNO2. The molecule has 0 aliphatic carbocycles. The van der Waals surface area contributed by atoms with Crippen molar-refractivity contribution in [2.45, 2.75) is 19.3 Å². The average Bonchev–Trinajstić information content (AvgIpc) is 2.63. The Morgan fingerprint density at radius 2 is 1.92 bits per heavy atom. The lowest BCUT2D eigenvalue weighted by Crippen LogP contribution is -2.23.